The molecule has 2 fully saturated rings. The first kappa shape index (κ1) is 25.8. The number of rotatable bonds is 10. The molecule has 0 aliphatic carbocycles. The second-order valence-corrected chi connectivity index (χ2v) is 9.63. The third-order valence-corrected chi connectivity index (χ3v) is 7.01. The van der Waals surface area contributed by atoms with Crippen molar-refractivity contribution in [3.63, 3.8) is 0 Å². The van der Waals surface area contributed by atoms with Crippen LogP contribution in [0.4, 0.5) is 0 Å². The van der Waals surface area contributed by atoms with Crippen molar-refractivity contribution in [3.05, 3.63) is 0 Å². The Morgan fingerprint density at radius 2 is 2.00 bits per heavy atom. The van der Waals surface area contributed by atoms with Crippen LogP contribution in [0.15, 0.2) is 0 Å². The van der Waals surface area contributed by atoms with E-state index in [0.29, 0.717) is 5.92 Å². The predicted molar refractivity (Wildman–Crippen MR) is 117 cm³/mol. The topological polar surface area (TPSA) is 120 Å². The molecule has 5 N–H and O–H groups in total. The van der Waals surface area contributed by atoms with Crippen molar-refractivity contribution in [2.75, 3.05) is 26.0 Å². The van der Waals surface area contributed by atoms with Crippen molar-refractivity contribution in [1.29, 1.82) is 0 Å². The van der Waals surface area contributed by atoms with Gasteiger partial charge in [0.2, 0.25) is 5.91 Å². The molecule has 3 unspecified atom stereocenters. The molecular weight excluding hydrogens is 408 g/mol. The van der Waals surface area contributed by atoms with Crippen LogP contribution in [0.25, 0.3) is 0 Å². The second kappa shape index (κ2) is 12.6. The number of aliphatic hydroxyl groups excluding tert-OH is 3. The molecule has 0 spiro atoms. The first-order valence-corrected chi connectivity index (χ1v) is 12.4. The molecule has 0 aromatic heterocycles. The largest absolute Gasteiger partial charge is 0.388 e. The highest BCUT2D eigenvalue weighted by atomic mass is 32.2. The van der Waals surface area contributed by atoms with Crippen LogP contribution in [0.5, 0.6) is 0 Å². The molecule has 0 bridgehead atoms. The van der Waals surface area contributed by atoms with Crippen LogP contribution in [-0.4, -0.2) is 89.2 Å². The number of piperidine rings is 1. The molecule has 2 rings (SSSR count). The molecule has 2 aliphatic rings. The number of carbonyl (C=O) groups excluding carboxylic acids is 1. The maximum atomic E-state index is 13.0. The number of carbonyl (C=O) groups is 1. The lowest BCUT2D eigenvalue weighted by molar-refractivity contribution is -0.208. The van der Waals surface area contributed by atoms with Gasteiger partial charge in [-0.05, 0) is 57.2 Å². The third-order valence-electron chi connectivity index (χ3n) is 6.15. The van der Waals surface area contributed by atoms with Crippen molar-refractivity contribution < 1.29 is 29.6 Å². The van der Waals surface area contributed by atoms with Gasteiger partial charge in [-0.3, -0.25) is 4.79 Å². The third kappa shape index (κ3) is 6.79. The Kier molecular flexibility index (Phi) is 10.8. The van der Waals surface area contributed by atoms with E-state index in [1.54, 1.807) is 6.26 Å². The Balaban J connectivity index is 1.97. The quantitative estimate of drug-likeness (QED) is 0.306. The average Bonchev–Trinajstić information content (AvgIpc) is 2.74. The van der Waals surface area contributed by atoms with E-state index in [2.05, 4.69) is 10.6 Å². The molecule has 176 valence electrons. The van der Waals surface area contributed by atoms with Gasteiger partial charge in [0.05, 0.1) is 12.1 Å². The maximum Gasteiger partial charge on any atom is 0.237 e. The summed E-state index contributed by atoms with van der Waals surface area (Å²) in [5.41, 5.74) is -0.658. The Bertz CT molecular complexity index is 524. The minimum absolute atomic E-state index is 0.0240. The summed E-state index contributed by atoms with van der Waals surface area (Å²) in [6.45, 7) is 8.16. The van der Waals surface area contributed by atoms with Crippen LogP contribution < -0.4 is 10.6 Å². The zero-order chi connectivity index (χ0) is 22.3. The zero-order valence-electron chi connectivity index (χ0n) is 18.6. The fraction of sp³-hybridized carbons (Fsp3) is 0.952. The molecule has 0 saturated carbocycles. The normalized spacial score (nSPS) is 35.9. The van der Waals surface area contributed by atoms with Crippen molar-refractivity contribution in [2.45, 2.75) is 88.4 Å². The van der Waals surface area contributed by atoms with Gasteiger partial charge >= 0.3 is 0 Å². The Morgan fingerprint density at radius 1 is 1.27 bits per heavy atom. The highest BCUT2D eigenvalue weighted by Gasteiger charge is 2.47. The fourth-order valence-electron chi connectivity index (χ4n) is 4.33. The average molecular weight is 449 g/mol. The molecule has 2 heterocycles. The van der Waals surface area contributed by atoms with Crippen molar-refractivity contribution in [3.8, 4) is 0 Å². The highest BCUT2D eigenvalue weighted by Crippen LogP contribution is 2.30. The van der Waals surface area contributed by atoms with Crippen molar-refractivity contribution >= 4 is 17.7 Å². The number of hydrogen-bond acceptors (Lipinski definition) is 8. The van der Waals surface area contributed by atoms with E-state index in [1.807, 2.05) is 20.8 Å². The summed E-state index contributed by atoms with van der Waals surface area (Å²) in [5, 5.41) is 37.2. The monoisotopic (exact) mass is 448 g/mol. The summed E-state index contributed by atoms with van der Waals surface area (Å²) >= 11 is 1.27. The van der Waals surface area contributed by atoms with Crippen LogP contribution in [0, 0.1) is 11.8 Å². The van der Waals surface area contributed by atoms with E-state index in [0.717, 1.165) is 45.4 Å². The number of nitrogens with one attached hydrogen (secondary N) is 2. The summed E-state index contributed by atoms with van der Waals surface area (Å²) in [7, 11) is 0. The van der Waals surface area contributed by atoms with Gasteiger partial charge in [0.1, 0.15) is 29.9 Å². The maximum absolute atomic E-state index is 13.0. The summed E-state index contributed by atoms with van der Waals surface area (Å²) in [4.78, 5) is 13.0. The molecule has 30 heavy (non-hydrogen) atoms. The lowest BCUT2D eigenvalue weighted by Crippen LogP contribution is -2.65. The van der Waals surface area contributed by atoms with Crippen LogP contribution in [0.3, 0.4) is 0 Å². The van der Waals surface area contributed by atoms with Gasteiger partial charge < -0.3 is 35.4 Å². The molecule has 0 radical (unpaired) electrons. The van der Waals surface area contributed by atoms with Gasteiger partial charge in [-0.15, -0.1) is 11.8 Å². The summed E-state index contributed by atoms with van der Waals surface area (Å²) in [6.07, 6.45) is 1.07. The molecule has 8 nitrogen and oxygen atoms in total. The van der Waals surface area contributed by atoms with Gasteiger partial charge in [-0.2, -0.15) is 0 Å². The summed E-state index contributed by atoms with van der Waals surface area (Å²) < 4.78 is 11.3. The summed E-state index contributed by atoms with van der Waals surface area (Å²) in [5.74, 6) is 0.346. The predicted octanol–water partition coefficient (Wildman–Crippen LogP) is 0.483. The van der Waals surface area contributed by atoms with Crippen LogP contribution in [-0.2, 0) is 14.3 Å². The minimum Gasteiger partial charge on any atom is -0.388 e. The highest BCUT2D eigenvalue weighted by molar-refractivity contribution is 7.99. The fourth-order valence-corrected chi connectivity index (χ4v) is 5.01. The van der Waals surface area contributed by atoms with E-state index < -0.39 is 35.9 Å². The minimum atomic E-state index is -1.32. The van der Waals surface area contributed by atoms with Crippen LogP contribution in [0.2, 0.25) is 0 Å². The van der Waals surface area contributed by atoms with E-state index in [1.165, 1.54) is 11.8 Å². The van der Waals surface area contributed by atoms with Gasteiger partial charge in [-0.1, -0.05) is 13.8 Å². The lowest BCUT2D eigenvalue weighted by atomic mass is 9.86. The molecule has 8 atom stereocenters. The lowest BCUT2D eigenvalue weighted by Gasteiger charge is -2.44. The van der Waals surface area contributed by atoms with Gasteiger partial charge in [0.15, 0.2) is 0 Å². The SMILES string of the molecule is CCOCCCC1CCNC(C(=O)NC(C(C)C)[C@@H]2O[C@@H](SC)[C@@H](O)[C@H](O)[C@@H]2O)C1. The number of thioether (sulfide) groups is 1. The smallest absolute Gasteiger partial charge is 0.237 e. The first-order chi connectivity index (χ1) is 14.3. The second-order valence-electron chi connectivity index (χ2n) is 8.69. The van der Waals surface area contributed by atoms with Crippen LogP contribution >= 0.6 is 11.8 Å². The molecule has 2 aliphatic heterocycles. The van der Waals surface area contributed by atoms with E-state index in [4.69, 9.17) is 9.47 Å². The number of hydrogen-bond donors (Lipinski definition) is 5. The van der Waals surface area contributed by atoms with Crippen molar-refractivity contribution in [2.24, 2.45) is 11.8 Å². The Hall–Kier alpha value is -0.420. The van der Waals surface area contributed by atoms with E-state index in [9.17, 15) is 20.1 Å². The Labute approximate surface area is 184 Å². The number of aliphatic hydroxyl groups is 3. The molecule has 2 saturated heterocycles. The molecular formula is C21H40N2O6S. The Morgan fingerprint density at radius 3 is 2.63 bits per heavy atom. The van der Waals surface area contributed by atoms with Gasteiger partial charge in [0.25, 0.3) is 0 Å². The number of ether oxygens (including phenoxy) is 2. The van der Waals surface area contributed by atoms with E-state index >= 15 is 0 Å². The molecule has 0 aromatic carbocycles. The zero-order valence-corrected chi connectivity index (χ0v) is 19.4. The summed E-state index contributed by atoms with van der Waals surface area (Å²) in [6, 6.07) is -0.769. The van der Waals surface area contributed by atoms with Crippen LogP contribution in [0.1, 0.15) is 46.5 Å². The standard InChI is InChI=1S/C21H40N2O6S/c1-5-28-10-6-7-13-8-9-22-14(11-13)20(27)23-15(12(2)3)19-17(25)16(24)18(26)21(29-19)30-4/h12-19,21-22,24-26H,5-11H2,1-4H3,(H,23,27)/t13?,14?,15?,16-,17+,18+,19+,21+/m1/s1. The van der Waals surface area contributed by atoms with Gasteiger partial charge in [-0.25, -0.2) is 0 Å². The van der Waals surface area contributed by atoms with Gasteiger partial charge in [0, 0.05) is 13.2 Å². The van der Waals surface area contributed by atoms with Crippen molar-refractivity contribution in [1.82, 2.24) is 10.6 Å². The molecule has 9 heteroatoms. The first-order valence-electron chi connectivity index (χ1n) is 11.1. The molecule has 0 aromatic rings. The number of amides is 1. The molecule has 1 amide bonds. The van der Waals surface area contributed by atoms with E-state index in [-0.39, 0.29) is 17.9 Å².